The topological polar surface area (TPSA) is 6.48 Å². The van der Waals surface area contributed by atoms with Crippen molar-refractivity contribution in [2.24, 2.45) is 0 Å². The third-order valence-electron chi connectivity index (χ3n) is 12.0. The summed E-state index contributed by atoms with van der Waals surface area (Å²) in [7, 11) is 0. The standard InChI is InChI=1S/C62H48N2/c1-45-43-59(55-27-15-17-29-57(55)61(45)63(51-23-11-5-12-24-51)53-39-35-49(36-40-53)33-31-47-19-7-3-8-20-47)60-44-46(2)62(58-30-18-16-28-56(58)60)64(52-25-13-6-14-26-52)54-41-37-50(38-42-54)34-32-48-21-9-4-10-22-48/h3-44H,1-2H3. The van der Waals surface area contributed by atoms with E-state index in [9.17, 15) is 0 Å². The molecule has 0 fully saturated rings. The van der Waals surface area contributed by atoms with Crippen LogP contribution >= 0.6 is 0 Å². The number of nitrogens with zero attached hydrogens (tertiary/aromatic N) is 2. The number of rotatable bonds is 11. The zero-order valence-electron chi connectivity index (χ0n) is 36.1. The molecule has 64 heavy (non-hydrogen) atoms. The molecule has 10 aromatic rings. The van der Waals surface area contributed by atoms with Gasteiger partial charge in [0.25, 0.3) is 0 Å². The van der Waals surface area contributed by atoms with Crippen LogP contribution in [-0.2, 0) is 0 Å². The van der Waals surface area contributed by atoms with Crippen molar-refractivity contribution in [3.63, 3.8) is 0 Å². The summed E-state index contributed by atoms with van der Waals surface area (Å²) < 4.78 is 0. The molecule has 0 spiro atoms. The Morgan fingerprint density at radius 2 is 0.531 bits per heavy atom. The van der Waals surface area contributed by atoms with E-state index in [-0.39, 0.29) is 0 Å². The lowest BCUT2D eigenvalue weighted by molar-refractivity contribution is 1.26. The maximum Gasteiger partial charge on any atom is 0.0569 e. The van der Waals surface area contributed by atoms with E-state index in [4.69, 9.17) is 0 Å². The Hall–Kier alpha value is -8.20. The molecule has 0 heterocycles. The quantitative estimate of drug-likeness (QED) is 0.120. The summed E-state index contributed by atoms with van der Waals surface area (Å²) in [6.07, 6.45) is 8.69. The van der Waals surface area contributed by atoms with Gasteiger partial charge in [-0.3, -0.25) is 0 Å². The summed E-state index contributed by atoms with van der Waals surface area (Å²) in [5.41, 5.74) is 16.3. The van der Waals surface area contributed by atoms with Gasteiger partial charge in [0.15, 0.2) is 0 Å². The molecule has 0 bridgehead atoms. The minimum absolute atomic E-state index is 1.11. The largest absolute Gasteiger partial charge is 0.310 e. The maximum atomic E-state index is 2.42. The van der Waals surface area contributed by atoms with E-state index in [2.05, 4.69) is 278 Å². The van der Waals surface area contributed by atoms with Crippen LogP contribution < -0.4 is 9.80 Å². The Morgan fingerprint density at radius 1 is 0.266 bits per heavy atom. The van der Waals surface area contributed by atoms with Crippen molar-refractivity contribution in [2.45, 2.75) is 13.8 Å². The summed E-state index contributed by atoms with van der Waals surface area (Å²) in [4.78, 5) is 4.83. The van der Waals surface area contributed by atoms with E-state index in [1.54, 1.807) is 0 Å². The van der Waals surface area contributed by atoms with Gasteiger partial charge in [0.05, 0.1) is 11.4 Å². The summed E-state index contributed by atoms with van der Waals surface area (Å²) >= 11 is 0. The normalized spacial score (nSPS) is 11.5. The molecule has 10 rings (SSSR count). The Morgan fingerprint density at radius 3 is 0.875 bits per heavy atom. The van der Waals surface area contributed by atoms with Crippen molar-refractivity contribution in [1.82, 2.24) is 0 Å². The van der Waals surface area contributed by atoms with E-state index in [1.165, 1.54) is 66.3 Å². The monoisotopic (exact) mass is 820 g/mol. The third-order valence-corrected chi connectivity index (χ3v) is 12.0. The van der Waals surface area contributed by atoms with Crippen LogP contribution in [0.3, 0.4) is 0 Å². The molecule has 2 nitrogen and oxygen atoms in total. The van der Waals surface area contributed by atoms with E-state index in [1.807, 2.05) is 0 Å². The minimum atomic E-state index is 1.11. The van der Waals surface area contributed by atoms with Crippen molar-refractivity contribution in [3.8, 4) is 11.1 Å². The first kappa shape index (κ1) is 39.9. The minimum Gasteiger partial charge on any atom is -0.310 e. The van der Waals surface area contributed by atoms with Gasteiger partial charge >= 0.3 is 0 Å². The van der Waals surface area contributed by atoms with Crippen LogP contribution in [0.25, 0.3) is 57.0 Å². The Balaban J connectivity index is 1.09. The average Bonchev–Trinajstić information content (AvgIpc) is 3.36. The maximum absolute atomic E-state index is 2.42. The highest BCUT2D eigenvalue weighted by Crippen LogP contribution is 2.48. The van der Waals surface area contributed by atoms with Crippen molar-refractivity contribution < 1.29 is 0 Å². The molecule has 0 amide bonds. The van der Waals surface area contributed by atoms with Gasteiger partial charge < -0.3 is 9.80 Å². The van der Waals surface area contributed by atoms with Gasteiger partial charge in [0.1, 0.15) is 0 Å². The van der Waals surface area contributed by atoms with E-state index in [0.717, 1.165) is 33.9 Å². The van der Waals surface area contributed by atoms with E-state index < -0.39 is 0 Å². The number of aryl methyl sites for hydroxylation is 2. The number of para-hydroxylation sites is 2. The number of hydrogen-bond donors (Lipinski definition) is 0. The second kappa shape index (κ2) is 18.0. The predicted octanol–water partition coefficient (Wildman–Crippen LogP) is 17.6. The van der Waals surface area contributed by atoms with Crippen LogP contribution in [0.1, 0.15) is 33.4 Å². The van der Waals surface area contributed by atoms with Crippen molar-refractivity contribution in [2.75, 3.05) is 9.80 Å². The molecule has 0 unspecified atom stereocenters. The number of hydrogen-bond acceptors (Lipinski definition) is 2. The molecular weight excluding hydrogens is 773 g/mol. The van der Waals surface area contributed by atoms with E-state index in [0.29, 0.717) is 0 Å². The smallest absolute Gasteiger partial charge is 0.0569 e. The fourth-order valence-corrected chi connectivity index (χ4v) is 8.99. The molecule has 2 heteroatoms. The first-order chi connectivity index (χ1) is 31.6. The Labute approximate surface area is 377 Å². The lowest BCUT2D eigenvalue weighted by Gasteiger charge is -2.30. The predicted molar refractivity (Wildman–Crippen MR) is 276 cm³/mol. The number of anilines is 6. The van der Waals surface area contributed by atoms with Gasteiger partial charge in [-0.05, 0) is 130 Å². The third kappa shape index (κ3) is 8.13. The molecule has 0 atom stereocenters. The van der Waals surface area contributed by atoms with Crippen LogP contribution in [0, 0.1) is 13.8 Å². The first-order valence-corrected chi connectivity index (χ1v) is 22.0. The highest BCUT2D eigenvalue weighted by Gasteiger charge is 2.23. The van der Waals surface area contributed by atoms with Crippen LogP contribution in [0.4, 0.5) is 34.1 Å². The summed E-state index contributed by atoms with van der Waals surface area (Å²) in [5.74, 6) is 0. The fourth-order valence-electron chi connectivity index (χ4n) is 8.99. The van der Waals surface area contributed by atoms with Crippen molar-refractivity contribution >= 4 is 80.0 Å². The zero-order chi connectivity index (χ0) is 43.2. The molecule has 0 aliphatic carbocycles. The Bertz CT molecular complexity index is 3020. The van der Waals surface area contributed by atoms with Crippen LogP contribution in [0.5, 0.6) is 0 Å². The van der Waals surface area contributed by atoms with Gasteiger partial charge in [0.2, 0.25) is 0 Å². The molecule has 0 N–H and O–H groups in total. The van der Waals surface area contributed by atoms with E-state index >= 15 is 0 Å². The lowest BCUT2D eigenvalue weighted by Crippen LogP contribution is -2.13. The average molecular weight is 821 g/mol. The summed E-state index contributed by atoms with van der Waals surface area (Å²) in [6.45, 7) is 4.52. The van der Waals surface area contributed by atoms with Crippen molar-refractivity contribution in [1.29, 1.82) is 0 Å². The van der Waals surface area contributed by atoms with Gasteiger partial charge in [-0.15, -0.1) is 0 Å². The molecule has 0 aromatic heterocycles. The molecule has 10 aromatic carbocycles. The SMILES string of the molecule is Cc1cc(-c2cc(C)c(N(c3ccccc3)c3ccc(C=Cc4ccccc4)cc3)c3ccccc23)c2ccccc2c1N(c1ccccc1)c1ccc(C=Cc2ccccc2)cc1. The first-order valence-electron chi connectivity index (χ1n) is 22.0. The zero-order valence-corrected chi connectivity index (χ0v) is 36.1. The van der Waals surface area contributed by atoms with Crippen LogP contribution in [0.15, 0.2) is 231 Å². The molecule has 0 aliphatic rings. The highest BCUT2D eigenvalue weighted by atomic mass is 15.2. The summed E-state index contributed by atoms with van der Waals surface area (Å²) in [5, 5.41) is 4.82. The second-order valence-electron chi connectivity index (χ2n) is 16.3. The second-order valence-corrected chi connectivity index (χ2v) is 16.3. The fraction of sp³-hybridized carbons (Fsp3) is 0.0323. The van der Waals surface area contributed by atoms with Crippen LogP contribution in [-0.4, -0.2) is 0 Å². The van der Waals surface area contributed by atoms with Gasteiger partial charge in [-0.1, -0.05) is 194 Å². The van der Waals surface area contributed by atoms with Crippen LogP contribution in [0.2, 0.25) is 0 Å². The molecule has 0 radical (unpaired) electrons. The van der Waals surface area contributed by atoms with Gasteiger partial charge in [-0.25, -0.2) is 0 Å². The van der Waals surface area contributed by atoms with Gasteiger partial charge in [0, 0.05) is 33.5 Å². The number of fused-ring (bicyclic) bond motifs is 2. The van der Waals surface area contributed by atoms with Crippen molar-refractivity contribution in [3.05, 3.63) is 264 Å². The highest BCUT2D eigenvalue weighted by molar-refractivity contribution is 6.14. The van der Waals surface area contributed by atoms with Gasteiger partial charge in [-0.2, -0.15) is 0 Å². The lowest BCUT2D eigenvalue weighted by atomic mass is 9.88. The molecule has 0 saturated heterocycles. The molecule has 306 valence electrons. The molecule has 0 saturated carbocycles. The molecule has 0 aliphatic heterocycles. The Kier molecular flexibility index (Phi) is 11.2. The summed E-state index contributed by atoms with van der Waals surface area (Å²) in [6, 6.07) is 82.8. The molecular formula is C62H48N2. The number of benzene rings is 10.